The Morgan fingerprint density at radius 1 is 0.342 bits per heavy atom. The third-order valence-electron chi connectivity index (χ3n) is 17.0. The van der Waals surface area contributed by atoms with E-state index >= 15 is 0 Å². The van der Waals surface area contributed by atoms with Crippen molar-refractivity contribution in [1.82, 2.24) is 5.32 Å². The predicted octanol–water partition coefficient (Wildman–Crippen LogP) is 23.3. The van der Waals surface area contributed by atoms with Crippen LogP contribution < -0.4 is 5.32 Å². The fourth-order valence-corrected chi connectivity index (χ4v) is 11.5. The van der Waals surface area contributed by atoms with E-state index in [1.807, 2.05) is 6.08 Å². The second-order valence-corrected chi connectivity index (χ2v) is 24.9. The van der Waals surface area contributed by atoms with Gasteiger partial charge in [0.15, 0.2) is 0 Å². The normalized spacial score (nSPS) is 12.6. The van der Waals surface area contributed by atoms with Crippen LogP contribution in [0.1, 0.15) is 406 Å². The van der Waals surface area contributed by atoms with Crippen LogP contribution in [0.2, 0.25) is 0 Å². The Morgan fingerprint density at radius 2 is 0.595 bits per heavy atom. The number of unbranched alkanes of at least 4 members (excludes halogenated alkanes) is 55. The molecule has 468 valence electrons. The van der Waals surface area contributed by atoms with Crippen molar-refractivity contribution < 1.29 is 24.5 Å². The highest BCUT2D eigenvalue weighted by molar-refractivity contribution is 5.76. The van der Waals surface area contributed by atoms with Gasteiger partial charge in [-0.2, -0.15) is 0 Å². The Morgan fingerprint density at radius 3 is 0.899 bits per heavy atom. The summed E-state index contributed by atoms with van der Waals surface area (Å²) in [5.41, 5.74) is 0. The highest BCUT2D eigenvalue weighted by Crippen LogP contribution is 2.19. The number of carbonyl (C=O) groups is 2. The van der Waals surface area contributed by atoms with E-state index in [9.17, 15) is 19.8 Å². The van der Waals surface area contributed by atoms with Crippen LogP contribution in [0.15, 0.2) is 24.3 Å². The van der Waals surface area contributed by atoms with Gasteiger partial charge >= 0.3 is 5.97 Å². The number of hydrogen-bond donors (Lipinski definition) is 3. The summed E-state index contributed by atoms with van der Waals surface area (Å²) >= 11 is 0. The Bertz CT molecular complexity index is 1230. The molecule has 0 saturated carbocycles. The molecule has 0 rings (SSSR count). The van der Waals surface area contributed by atoms with Gasteiger partial charge in [0.1, 0.15) is 0 Å². The molecule has 2 unspecified atom stereocenters. The van der Waals surface area contributed by atoms with Crippen LogP contribution in [0.3, 0.4) is 0 Å². The first-order valence-electron chi connectivity index (χ1n) is 36.1. The van der Waals surface area contributed by atoms with Gasteiger partial charge in [-0.1, -0.05) is 359 Å². The molecule has 0 saturated heterocycles. The van der Waals surface area contributed by atoms with Crippen molar-refractivity contribution in [3.05, 3.63) is 24.3 Å². The summed E-state index contributed by atoms with van der Waals surface area (Å²) in [6.07, 6.45) is 87.1. The van der Waals surface area contributed by atoms with Gasteiger partial charge in [-0.05, 0) is 57.8 Å². The zero-order valence-electron chi connectivity index (χ0n) is 53.6. The van der Waals surface area contributed by atoms with Gasteiger partial charge in [0, 0.05) is 12.8 Å². The van der Waals surface area contributed by atoms with Crippen LogP contribution in [-0.2, 0) is 14.3 Å². The lowest BCUT2D eigenvalue weighted by Gasteiger charge is -2.20. The summed E-state index contributed by atoms with van der Waals surface area (Å²) in [4.78, 5) is 24.5. The van der Waals surface area contributed by atoms with Gasteiger partial charge < -0.3 is 20.3 Å². The molecule has 6 nitrogen and oxygen atoms in total. The van der Waals surface area contributed by atoms with Crippen molar-refractivity contribution in [3.8, 4) is 0 Å². The van der Waals surface area contributed by atoms with E-state index in [-0.39, 0.29) is 18.5 Å². The van der Waals surface area contributed by atoms with Crippen LogP contribution in [0, 0.1) is 0 Å². The molecule has 0 bridgehead atoms. The molecule has 0 aliphatic carbocycles. The first kappa shape index (κ1) is 77.3. The SMILES string of the molecule is CCCCCCCCCCCCCCC/C=C/C(O)C(CO)NC(=O)CCCCCCCCCCCCCCCCCCC/C=C\CCCCCCCCCCCCCCCCOC(=O)CCCCCCCCCCCCCC. The molecular weight excluding hydrogens is 971 g/mol. The molecule has 1 amide bonds. The van der Waals surface area contributed by atoms with Crippen molar-refractivity contribution in [2.75, 3.05) is 13.2 Å². The Labute approximate surface area is 494 Å². The summed E-state index contributed by atoms with van der Waals surface area (Å²) in [6.45, 7) is 4.94. The first-order valence-corrected chi connectivity index (χ1v) is 36.1. The summed E-state index contributed by atoms with van der Waals surface area (Å²) in [7, 11) is 0. The van der Waals surface area contributed by atoms with Crippen molar-refractivity contribution >= 4 is 11.9 Å². The van der Waals surface area contributed by atoms with Gasteiger partial charge in [0.25, 0.3) is 0 Å². The molecule has 0 aliphatic rings. The second kappa shape index (κ2) is 68.8. The smallest absolute Gasteiger partial charge is 0.305 e. The number of carbonyl (C=O) groups excluding carboxylic acids is 2. The lowest BCUT2D eigenvalue weighted by Crippen LogP contribution is -2.45. The first-order chi connectivity index (χ1) is 39.0. The number of hydrogen-bond acceptors (Lipinski definition) is 5. The van der Waals surface area contributed by atoms with Gasteiger partial charge in [-0.25, -0.2) is 0 Å². The largest absolute Gasteiger partial charge is 0.466 e. The van der Waals surface area contributed by atoms with Gasteiger partial charge in [0.2, 0.25) is 5.91 Å². The van der Waals surface area contributed by atoms with Gasteiger partial charge in [-0.15, -0.1) is 0 Å². The summed E-state index contributed by atoms with van der Waals surface area (Å²) < 4.78 is 5.48. The monoisotopic (exact) mass is 1110 g/mol. The third kappa shape index (κ3) is 65.4. The standard InChI is InChI=1S/C73H141NO5/c1-3-5-7-9-11-13-15-17-39-42-45-49-53-57-61-65-71(76)70(69-75)74-72(77)66-62-58-54-50-46-43-40-37-35-33-31-29-27-25-23-21-19-18-20-22-24-26-28-30-32-34-36-38-41-44-48-52-56-60-64-68-79-73(78)67-63-59-55-51-47-16-14-12-10-8-6-4-2/h20,22,61,65,70-71,75-76H,3-19,21,23-60,62-64,66-69H2,1-2H3,(H,74,77)/b22-20-,65-61+. The van der Waals surface area contributed by atoms with Gasteiger partial charge in [-0.3, -0.25) is 9.59 Å². The number of esters is 1. The van der Waals surface area contributed by atoms with Crippen molar-refractivity contribution in [3.63, 3.8) is 0 Å². The predicted molar refractivity (Wildman–Crippen MR) is 347 cm³/mol. The molecule has 2 atom stereocenters. The number of amides is 1. The van der Waals surface area contributed by atoms with Crippen molar-refractivity contribution in [2.45, 2.75) is 418 Å². The maximum Gasteiger partial charge on any atom is 0.305 e. The zero-order valence-corrected chi connectivity index (χ0v) is 53.6. The van der Waals surface area contributed by atoms with Crippen LogP contribution in [0.4, 0.5) is 0 Å². The summed E-state index contributed by atoms with van der Waals surface area (Å²) in [5.74, 6) is -0.0405. The van der Waals surface area contributed by atoms with Crippen LogP contribution in [0.25, 0.3) is 0 Å². The Hall–Kier alpha value is -1.66. The average molecular weight is 1110 g/mol. The van der Waals surface area contributed by atoms with Crippen molar-refractivity contribution in [1.29, 1.82) is 0 Å². The molecule has 79 heavy (non-hydrogen) atoms. The molecule has 0 aliphatic heterocycles. The minimum absolute atomic E-state index is 0.0212. The number of nitrogens with one attached hydrogen (secondary N) is 1. The van der Waals surface area contributed by atoms with Crippen LogP contribution >= 0.6 is 0 Å². The molecule has 0 spiro atoms. The average Bonchev–Trinajstić information content (AvgIpc) is 3.45. The Kier molecular flexibility index (Phi) is 67.4. The minimum Gasteiger partial charge on any atom is -0.466 e. The van der Waals surface area contributed by atoms with Crippen LogP contribution in [-0.4, -0.2) is 47.4 Å². The van der Waals surface area contributed by atoms with E-state index in [4.69, 9.17) is 4.74 Å². The lowest BCUT2D eigenvalue weighted by atomic mass is 10.0. The quantitative estimate of drug-likeness (QED) is 0.0320. The van der Waals surface area contributed by atoms with E-state index in [0.717, 1.165) is 38.5 Å². The molecule has 0 radical (unpaired) electrons. The highest BCUT2D eigenvalue weighted by atomic mass is 16.5. The van der Waals surface area contributed by atoms with E-state index in [1.165, 1.54) is 340 Å². The number of allylic oxidation sites excluding steroid dienone is 3. The minimum atomic E-state index is -0.841. The molecule has 0 aromatic carbocycles. The zero-order chi connectivity index (χ0) is 57.1. The summed E-state index contributed by atoms with van der Waals surface area (Å²) in [5, 5.41) is 23.2. The maximum atomic E-state index is 12.5. The fourth-order valence-electron chi connectivity index (χ4n) is 11.5. The summed E-state index contributed by atoms with van der Waals surface area (Å²) in [6, 6.07) is -0.624. The third-order valence-corrected chi connectivity index (χ3v) is 17.0. The van der Waals surface area contributed by atoms with E-state index in [1.54, 1.807) is 6.08 Å². The molecular formula is C73H141NO5. The Balaban J connectivity index is 3.34. The van der Waals surface area contributed by atoms with Gasteiger partial charge in [0.05, 0.1) is 25.4 Å². The second-order valence-electron chi connectivity index (χ2n) is 24.9. The lowest BCUT2D eigenvalue weighted by molar-refractivity contribution is -0.143. The molecule has 3 N–H and O–H groups in total. The van der Waals surface area contributed by atoms with E-state index < -0.39 is 12.1 Å². The topological polar surface area (TPSA) is 95.9 Å². The van der Waals surface area contributed by atoms with Crippen molar-refractivity contribution in [2.24, 2.45) is 0 Å². The number of aliphatic hydroxyl groups is 2. The maximum absolute atomic E-state index is 12.5. The highest BCUT2D eigenvalue weighted by Gasteiger charge is 2.18. The number of ether oxygens (including phenoxy) is 1. The van der Waals surface area contributed by atoms with Crippen LogP contribution in [0.5, 0.6) is 0 Å². The molecule has 0 aromatic rings. The fraction of sp³-hybridized carbons (Fsp3) is 0.918. The number of rotatable bonds is 68. The molecule has 0 aromatic heterocycles. The molecule has 0 fully saturated rings. The molecule has 0 heterocycles. The molecule has 6 heteroatoms. The van der Waals surface area contributed by atoms with E-state index in [2.05, 4.69) is 31.3 Å². The van der Waals surface area contributed by atoms with E-state index in [0.29, 0.717) is 19.4 Å². The number of aliphatic hydroxyl groups excluding tert-OH is 2.